The Hall–Kier alpha value is -2.06. The number of nitro groups is 1. The second-order valence-corrected chi connectivity index (χ2v) is 6.64. The van der Waals surface area contributed by atoms with Crippen molar-refractivity contribution < 1.29 is 9.72 Å². The van der Waals surface area contributed by atoms with E-state index in [1.165, 1.54) is 10.9 Å². The zero-order chi connectivity index (χ0) is 16.5. The van der Waals surface area contributed by atoms with Crippen molar-refractivity contribution in [1.29, 1.82) is 0 Å². The van der Waals surface area contributed by atoms with E-state index in [-0.39, 0.29) is 11.6 Å². The van der Waals surface area contributed by atoms with Gasteiger partial charge in [-0.2, -0.15) is 0 Å². The molecule has 0 bridgehead atoms. The number of nitro benzene ring substituents is 1. The summed E-state index contributed by atoms with van der Waals surface area (Å²) >= 11 is 3.25. The van der Waals surface area contributed by atoms with Crippen molar-refractivity contribution >= 4 is 40.4 Å². The van der Waals surface area contributed by atoms with Crippen LogP contribution in [0.15, 0.2) is 41.8 Å². The summed E-state index contributed by atoms with van der Waals surface area (Å²) in [6, 6.07) is 10.5. The average Bonchev–Trinajstić information content (AvgIpc) is 3.05. The number of thiophene rings is 1. The Labute approximate surface area is 142 Å². The summed E-state index contributed by atoms with van der Waals surface area (Å²) in [7, 11) is 0. The molecule has 8 heteroatoms. The standard InChI is InChI=1S/C15H17N3O3S2/c19-15(11-22-10-12-4-3-9-23-12)17-8-7-16-13-5-1-2-6-14(13)18(20)21/h1-6,9,16H,7-8,10-11H2,(H,17,19). The van der Waals surface area contributed by atoms with Gasteiger partial charge >= 0.3 is 0 Å². The molecule has 122 valence electrons. The molecule has 0 spiro atoms. The normalized spacial score (nSPS) is 10.3. The van der Waals surface area contributed by atoms with Gasteiger partial charge < -0.3 is 10.6 Å². The minimum absolute atomic E-state index is 0.0316. The molecule has 1 heterocycles. The minimum Gasteiger partial charge on any atom is -0.378 e. The van der Waals surface area contributed by atoms with Gasteiger partial charge in [-0.3, -0.25) is 14.9 Å². The summed E-state index contributed by atoms with van der Waals surface area (Å²) in [5.41, 5.74) is 0.490. The quantitative estimate of drug-likeness (QED) is 0.412. The van der Waals surface area contributed by atoms with Crippen molar-refractivity contribution in [2.45, 2.75) is 5.75 Å². The van der Waals surface area contributed by atoms with Crippen LogP contribution < -0.4 is 10.6 Å². The van der Waals surface area contributed by atoms with Gasteiger partial charge in [0.05, 0.1) is 10.7 Å². The van der Waals surface area contributed by atoms with E-state index in [0.717, 1.165) is 5.75 Å². The predicted octanol–water partition coefficient (Wildman–Crippen LogP) is 3.12. The number of benzene rings is 1. The third-order valence-corrected chi connectivity index (χ3v) is 4.96. The number of hydrogen-bond acceptors (Lipinski definition) is 6. The molecule has 2 N–H and O–H groups in total. The number of carbonyl (C=O) groups excluding carboxylic acids is 1. The number of nitrogens with one attached hydrogen (secondary N) is 2. The van der Waals surface area contributed by atoms with Crippen LogP contribution in [0.5, 0.6) is 0 Å². The second kappa shape index (κ2) is 9.16. The Kier molecular flexibility index (Phi) is 6.89. The molecule has 0 aliphatic heterocycles. The molecule has 23 heavy (non-hydrogen) atoms. The van der Waals surface area contributed by atoms with Crippen molar-refractivity contribution in [1.82, 2.24) is 5.32 Å². The van der Waals surface area contributed by atoms with Crippen molar-refractivity contribution in [3.8, 4) is 0 Å². The van der Waals surface area contributed by atoms with Crippen LogP contribution >= 0.6 is 23.1 Å². The van der Waals surface area contributed by atoms with Crippen molar-refractivity contribution in [3.63, 3.8) is 0 Å². The lowest BCUT2D eigenvalue weighted by atomic mass is 10.2. The lowest BCUT2D eigenvalue weighted by molar-refractivity contribution is -0.384. The first kappa shape index (κ1) is 17.3. The van der Waals surface area contributed by atoms with Crippen LogP contribution in [0.4, 0.5) is 11.4 Å². The minimum atomic E-state index is -0.428. The van der Waals surface area contributed by atoms with Crippen LogP contribution in [-0.2, 0) is 10.5 Å². The number of rotatable bonds is 9. The lowest BCUT2D eigenvalue weighted by Gasteiger charge is -2.08. The van der Waals surface area contributed by atoms with Gasteiger partial charge in [0.1, 0.15) is 5.69 Å². The maximum absolute atomic E-state index is 11.7. The fourth-order valence-corrected chi connectivity index (χ4v) is 3.57. The number of hydrogen-bond donors (Lipinski definition) is 2. The van der Waals surface area contributed by atoms with Gasteiger partial charge in [0.15, 0.2) is 0 Å². The highest BCUT2D eigenvalue weighted by molar-refractivity contribution is 7.99. The number of amides is 1. The molecule has 1 aromatic carbocycles. The summed E-state index contributed by atoms with van der Waals surface area (Å²) in [5, 5.41) is 18.7. The van der Waals surface area contributed by atoms with Crippen molar-refractivity contribution in [2.75, 3.05) is 24.2 Å². The van der Waals surface area contributed by atoms with Crippen LogP contribution in [-0.4, -0.2) is 29.7 Å². The van der Waals surface area contributed by atoms with Crippen LogP contribution in [0.3, 0.4) is 0 Å². The number of carbonyl (C=O) groups is 1. The molecule has 0 atom stereocenters. The zero-order valence-corrected chi connectivity index (χ0v) is 14.0. The Morgan fingerprint density at radius 2 is 2.04 bits per heavy atom. The van der Waals surface area contributed by atoms with Gasteiger partial charge in [0, 0.05) is 29.8 Å². The topological polar surface area (TPSA) is 84.3 Å². The monoisotopic (exact) mass is 351 g/mol. The number of nitrogens with zero attached hydrogens (tertiary/aromatic N) is 1. The number of para-hydroxylation sites is 2. The van der Waals surface area contributed by atoms with Gasteiger partial charge in [-0.1, -0.05) is 18.2 Å². The molecular weight excluding hydrogens is 334 g/mol. The van der Waals surface area contributed by atoms with Gasteiger partial charge in [-0.15, -0.1) is 23.1 Å². The van der Waals surface area contributed by atoms with Crippen molar-refractivity contribution in [2.24, 2.45) is 0 Å². The lowest BCUT2D eigenvalue weighted by Crippen LogP contribution is -2.30. The van der Waals surface area contributed by atoms with E-state index in [0.29, 0.717) is 24.5 Å². The zero-order valence-electron chi connectivity index (χ0n) is 12.4. The maximum atomic E-state index is 11.7. The summed E-state index contributed by atoms with van der Waals surface area (Å²) in [6.45, 7) is 0.858. The largest absolute Gasteiger partial charge is 0.378 e. The van der Waals surface area contributed by atoms with E-state index in [1.807, 2.05) is 17.5 Å². The molecule has 1 amide bonds. The van der Waals surface area contributed by atoms with Gasteiger partial charge in [0.25, 0.3) is 5.69 Å². The van der Waals surface area contributed by atoms with Crippen molar-refractivity contribution in [3.05, 3.63) is 56.8 Å². The van der Waals surface area contributed by atoms with E-state index in [1.54, 1.807) is 41.3 Å². The fraction of sp³-hybridized carbons (Fsp3) is 0.267. The van der Waals surface area contributed by atoms with Crippen LogP contribution in [0.25, 0.3) is 0 Å². The number of anilines is 1. The second-order valence-electron chi connectivity index (χ2n) is 4.62. The first-order chi connectivity index (χ1) is 11.2. The summed E-state index contributed by atoms with van der Waals surface area (Å²) in [5.74, 6) is 1.21. The van der Waals surface area contributed by atoms with E-state index in [4.69, 9.17) is 0 Å². The molecular formula is C15H17N3O3S2. The predicted molar refractivity (Wildman–Crippen MR) is 95.1 cm³/mol. The molecule has 2 aromatic rings. The molecule has 6 nitrogen and oxygen atoms in total. The maximum Gasteiger partial charge on any atom is 0.292 e. The molecule has 0 fully saturated rings. The Bertz CT molecular complexity index is 647. The molecule has 0 unspecified atom stereocenters. The van der Waals surface area contributed by atoms with E-state index < -0.39 is 4.92 Å². The summed E-state index contributed by atoms with van der Waals surface area (Å²) < 4.78 is 0. The smallest absolute Gasteiger partial charge is 0.292 e. The molecule has 0 saturated carbocycles. The van der Waals surface area contributed by atoms with E-state index in [2.05, 4.69) is 10.6 Å². The van der Waals surface area contributed by atoms with E-state index in [9.17, 15) is 14.9 Å². The third kappa shape index (κ3) is 5.91. The average molecular weight is 351 g/mol. The summed E-state index contributed by atoms with van der Waals surface area (Å²) in [6.07, 6.45) is 0. The van der Waals surface area contributed by atoms with E-state index >= 15 is 0 Å². The fourth-order valence-electron chi connectivity index (χ4n) is 1.87. The Balaban J connectivity index is 1.63. The molecule has 0 radical (unpaired) electrons. The molecule has 0 saturated heterocycles. The van der Waals surface area contributed by atoms with Crippen LogP contribution in [0.2, 0.25) is 0 Å². The van der Waals surface area contributed by atoms with Gasteiger partial charge in [-0.25, -0.2) is 0 Å². The highest BCUT2D eigenvalue weighted by Crippen LogP contribution is 2.22. The Morgan fingerprint density at radius 1 is 1.22 bits per heavy atom. The summed E-state index contributed by atoms with van der Waals surface area (Å²) in [4.78, 5) is 23.4. The Morgan fingerprint density at radius 3 is 2.78 bits per heavy atom. The molecule has 0 aliphatic rings. The van der Waals surface area contributed by atoms with Crippen LogP contribution in [0, 0.1) is 10.1 Å². The van der Waals surface area contributed by atoms with Crippen LogP contribution in [0.1, 0.15) is 4.88 Å². The van der Waals surface area contributed by atoms with Gasteiger partial charge in [0.2, 0.25) is 5.91 Å². The SMILES string of the molecule is O=C(CSCc1cccs1)NCCNc1ccccc1[N+](=O)[O-]. The first-order valence-electron chi connectivity index (χ1n) is 7.01. The number of thioether (sulfide) groups is 1. The first-order valence-corrected chi connectivity index (χ1v) is 9.04. The molecule has 2 rings (SSSR count). The molecule has 1 aromatic heterocycles. The molecule has 0 aliphatic carbocycles. The highest BCUT2D eigenvalue weighted by atomic mass is 32.2. The van der Waals surface area contributed by atoms with Gasteiger partial charge in [-0.05, 0) is 17.5 Å². The highest BCUT2D eigenvalue weighted by Gasteiger charge is 2.11. The third-order valence-electron chi connectivity index (χ3n) is 2.92.